The Morgan fingerprint density at radius 2 is 1.84 bits per heavy atom. The molecular formula is C16H24N2O. The van der Waals surface area contributed by atoms with Crippen LogP contribution in [0, 0.1) is 20.8 Å². The molecule has 0 bridgehead atoms. The third-order valence-corrected chi connectivity index (χ3v) is 4.00. The van der Waals surface area contributed by atoms with Gasteiger partial charge in [-0.05, 0) is 58.3 Å². The molecule has 1 fully saturated rings. The molecule has 1 atom stereocenters. The zero-order valence-electron chi connectivity index (χ0n) is 12.4. The highest BCUT2D eigenvalue weighted by Crippen LogP contribution is 2.23. The molecule has 1 aliphatic rings. The molecule has 104 valence electrons. The number of amides is 1. The highest BCUT2D eigenvalue weighted by Gasteiger charge is 2.26. The third-order valence-electron chi connectivity index (χ3n) is 4.00. The molecule has 0 spiro atoms. The van der Waals surface area contributed by atoms with Crippen LogP contribution in [0.3, 0.4) is 0 Å². The molecule has 1 aromatic carbocycles. The average Bonchev–Trinajstić information content (AvgIpc) is 2.34. The average molecular weight is 260 g/mol. The van der Waals surface area contributed by atoms with Crippen LogP contribution in [-0.2, 0) is 4.79 Å². The summed E-state index contributed by atoms with van der Waals surface area (Å²) in [6, 6.07) is 4.26. The number of likely N-dealkylation sites (N-methyl/N-ethyl adjacent to an activating group) is 1. The third kappa shape index (κ3) is 3.16. The van der Waals surface area contributed by atoms with Gasteiger partial charge in [0, 0.05) is 5.69 Å². The van der Waals surface area contributed by atoms with Gasteiger partial charge in [-0.3, -0.25) is 9.69 Å². The summed E-state index contributed by atoms with van der Waals surface area (Å²) in [5, 5.41) is 3.13. The first kappa shape index (κ1) is 14.1. The van der Waals surface area contributed by atoms with Crippen molar-refractivity contribution in [2.24, 2.45) is 0 Å². The number of aryl methyl sites for hydroxylation is 3. The van der Waals surface area contributed by atoms with E-state index in [1.807, 2.05) is 7.05 Å². The maximum Gasteiger partial charge on any atom is 0.241 e. The summed E-state index contributed by atoms with van der Waals surface area (Å²) in [4.78, 5) is 14.6. The van der Waals surface area contributed by atoms with E-state index in [4.69, 9.17) is 0 Å². The normalized spacial score (nSPS) is 20.3. The lowest BCUT2D eigenvalue weighted by Gasteiger charge is -2.31. The lowest BCUT2D eigenvalue weighted by Crippen LogP contribution is -2.44. The van der Waals surface area contributed by atoms with E-state index in [0.29, 0.717) is 0 Å². The van der Waals surface area contributed by atoms with Crippen LogP contribution in [0.5, 0.6) is 0 Å². The summed E-state index contributed by atoms with van der Waals surface area (Å²) in [7, 11) is 2.04. The van der Waals surface area contributed by atoms with Gasteiger partial charge in [0.1, 0.15) is 0 Å². The largest absolute Gasteiger partial charge is 0.324 e. The Kier molecular flexibility index (Phi) is 4.25. The predicted octanol–water partition coefficient (Wildman–Crippen LogP) is 3.03. The molecule has 3 heteroatoms. The van der Waals surface area contributed by atoms with Crippen LogP contribution in [0.15, 0.2) is 12.1 Å². The lowest BCUT2D eigenvalue weighted by molar-refractivity contribution is -0.121. The molecular weight excluding hydrogens is 236 g/mol. The first-order valence-corrected chi connectivity index (χ1v) is 7.08. The molecule has 0 aromatic heterocycles. The molecule has 1 saturated heterocycles. The van der Waals surface area contributed by atoms with Gasteiger partial charge in [-0.2, -0.15) is 0 Å². The highest BCUT2D eigenvalue weighted by atomic mass is 16.2. The standard InChI is InChI=1S/C16H24N2O/c1-11-9-12(2)15(13(3)10-11)17-16(19)14-7-5-6-8-18(14)4/h9-10,14H,5-8H2,1-4H3,(H,17,19)/t14-/m0/s1. The number of hydrogen-bond acceptors (Lipinski definition) is 2. The Labute approximate surface area is 116 Å². The van der Waals surface area contributed by atoms with Gasteiger partial charge < -0.3 is 5.32 Å². The fourth-order valence-electron chi connectivity index (χ4n) is 2.99. The fourth-order valence-corrected chi connectivity index (χ4v) is 2.99. The molecule has 1 aliphatic heterocycles. The fraction of sp³-hybridized carbons (Fsp3) is 0.562. The first-order valence-electron chi connectivity index (χ1n) is 7.08. The van der Waals surface area contributed by atoms with Crippen molar-refractivity contribution in [2.75, 3.05) is 18.9 Å². The Morgan fingerprint density at radius 1 is 1.21 bits per heavy atom. The van der Waals surface area contributed by atoms with Gasteiger partial charge in [0.25, 0.3) is 0 Å². The Bertz CT molecular complexity index is 459. The quantitative estimate of drug-likeness (QED) is 0.886. The van der Waals surface area contributed by atoms with E-state index in [9.17, 15) is 4.79 Å². The van der Waals surface area contributed by atoms with Crippen LogP contribution >= 0.6 is 0 Å². The molecule has 1 heterocycles. The van der Waals surface area contributed by atoms with Crippen LogP contribution in [0.25, 0.3) is 0 Å². The van der Waals surface area contributed by atoms with Crippen LogP contribution < -0.4 is 5.32 Å². The number of hydrogen-bond donors (Lipinski definition) is 1. The maximum atomic E-state index is 12.4. The minimum atomic E-state index is 0.0221. The van der Waals surface area contributed by atoms with Crippen molar-refractivity contribution in [2.45, 2.75) is 46.1 Å². The minimum Gasteiger partial charge on any atom is -0.324 e. The number of carbonyl (C=O) groups is 1. The second kappa shape index (κ2) is 5.74. The molecule has 19 heavy (non-hydrogen) atoms. The summed E-state index contributed by atoms with van der Waals surface area (Å²) in [6.07, 6.45) is 3.31. The predicted molar refractivity (Wildman–Crippen MR) is 79.6 cm³/mol. The molecule has 0 unspecified atom stereocenters. The van der Waals surface area contributed by atoms with Crippen LogP contribution in [0.1, 0.15) is 36.0 Å². The monoisotopic (exact) mass is 260 g/mol. The number of carbonyl (C=O) groups excluding carboxylic acids is 1. The minimum absolute atomic E-state index is 0.0221. The van der Waals surface area contributed by atoms with Gasteiger partial charge in [-0.15, -0.1) is 0 Å². The van der Waals surface area contributed by atoms with E-state index >= 15 is 0 Å². The first-order chi connectivity index (χ1) is 8.99. The molecule has 1 N–H and O–H groups in total. The summed E-state index contributed by atoms with van der Waals surface area (Å²) >= 11 is 0. The van der Waals surface area contributed by atoms with Crippen LogP contribution in [0.2, 0.25) is 0 Å². The van der Waals surface area contributed by atoms with Crippen molar-refractivity contribution >= 4 is 11.6 Å². The van der Waals surface area contributed by atoms with Crippen molar-refractivity contribution in [3.63, 3.8) is 0 Å². The van der Waals surface area contributed by atoms with Gasteiger partial charge in [0.05, 0.1) is 6.04 Å². The summed E-state index contributed by atoms with van der Waals surface area (Å²) in [5.41, 5.74) is 4.51. The smallest absolute Gasteiger partial charge is 0.241 e. The van der Waals surface area contributed by atoms with E-state index in [0.717, 1.165) is 36.2 Å². The Morgan fingerprint density at radius 3 is 2.42 bits per heavy atom. The van der Waals surface area contributed by atoms with E-state index in [1.165, 1.54) is 12.0 Å². The molecule has 3 nitrogen and oxygen atoms in total. The molecule has 0 radical (unpaired) electrons. The molecule has 0 saturated carbocycles. The number of anilines is 1. The van der Waals surface area contributed by atoms with Gasteiger partial charge in [-0.25, -0.2) is 0 Å². The van der Waals surface area contributed by atoms with Gasteiger partial charge in [0.15, 0.2) is 0 Å². The summed E-state index contributed by atoms with van der Waals surface area (Å²) in [5.74, 6) is 0.136. The molecule has 2 rings (SSSR count). The van der Waals surface area contributed by atoms with Crippen molar-refractivity contribution in [3.05, 3.63) is 28.8 Å². The SMILES string of the molecule is Cc1cc(C)c(NC(=O)[C@@H]2CCCCN2C)c(C)c1. The highest BCUT2D eigenvalue weighted by molar-refractivity contribution is 5.96. The van der Waals surface area contributed by atoms with E-state index in [-0.39, 0.29) is 11.9 Å². The maximum absolute atomic E-state index is 12.4. The van der Waals surface area contributed by atoms with E-state index < -0.39 is 0 Å². The number of piperidine rings is 1. The van der Waals surface area contributed by atoms with Gasteiger partial charge >= 0.3 is 0 Å². The lowest BCUT2D eigenvalue weighted by atomic mass is 10.0. The second-order valence-corrected chi connectivity index (χ2v) is 5.76. The Balaban J connectivity index is 2.14. The van der Waals surface area contributed by atoms with Crippen molar-refractivity contribution in [1.29, 1.82) is 0 Å². The number of likely N-dealkylation sites (tertiary alicyclic amines) is 1. The summed E-state index contributed by atoms with van der Waals surface area (Å²) in [6.45, 7) is 7.21. The van der Waals surface area contributed by atoms with Crippen molar-refractivity contribution in [3.8, 4) is 0 Å². The van der Waals surface area contributed by atoms with Crippen molar-refractivity contribution in [1.82, 2.24) is 4.90 Å². The zero-order valence-corrected chi connectivity index (χ0v) is 12.4. The number of rotatable bonds is 2. The molecule has 0 aliphatic carbocycles. The van der Waals surface area contributed by atoms with Crippen LogP contribution in [0.4, 0.5) is 5.69 Å². The molecule has 1 aromatic rings. The molecule has 1 amide bonds. The van der Waals surface area contributed by atoms with Gasteiger partial charge in [-0.1, -0.05) is 24.1 Å². The van der Waals surface area contributed by atoms with Gasteiger partial charge in [0.2, 0.25) is 5.91 Å². The number of nitrogens with zero attached hydrogens (tertiary/aromatic N) is 1. The Hall–Kier alpha value is -1.35. The van der Waals surface area contributed by atoms with E-state index in [2.05, 4.69) is 43.1 Å². The second-order valence-electron chi connectivity index (χ2n) is 5.76. The van der Waals surface area contributed by atoms with E-state index in [1.54, 1.807) is 0 Å². The zero-order chi connectivity index (χ0) is 14.0. The van der Waals surface area contributed by atoms with Crippen molar-refractivity contribution < 1.29 is 4.79 Å². The summed E-state index contributed by atoms with van der Waals surface area (Å²) < 4.78 is 0. The number of nitrogens with one attached hydrogen (secondary N) is 1. The topological polar surface area (TPSA) is 32.3 Å². The number of benzene rings is 1. The van der Waals surface area contributed by atoms with Crippen LogP contribution in [-0.4, -0.2) is 30.4 Å².